The van der Waals surface area contributed by atoms with Gasteiger partial charge in [-0.1, -0.05) is 37.3 Å². The van der Waals surface area contributed by atoms with Gasteiger partial charge in [0.15, 0.2) is 0 Å². The average molecular weight is 328 g/mol. The third kappa shape index (κ3) is 3.65. The lowest BCUT2D eigenvalue weighted by Crippen LogP contribution is -2.48. The van der Waals surface area contributed by atoms with Crippen LogP contribution in [0.4, 0.5) is 0 Å². The first-order chi connectivity index (χ1) is 11.2. The van der Waals surface area contributed by atoms with E-state index in [1.165, 1.54) is 16.0 Å². The molecule has 0 N–H and O–H groups in total. The molecule has 2 aromatic rings. The smallest absolute Gasteiger partial charge is 0.255 e. The predicted molar refractivity (Wildman–Crippen MR) is 96.1 cm³/mol. The van der Waals surface area contributed by atoms with E-state index in [1.807, 2.05) is 16.3 Å². The van der Waals surface area contributed by atoms with Crippen molar-refractivity contribution in [3.05, 3.63) is 57.3 Å². The molecule has 0 bridgehead atoms. The molecule has 0 spiro atoms. The number of hydrogen-bond donors (Lipinski definition) is 0. The van der Waals surface area contributed by atoms with Gasteiger partial charge in [0.1, 0.15) is 0 Å². The van der Waals surface area contributed by atoms with Crippen molar-refractivity contribution in [3.63, 3.8) is 0 Å². The quantitative estimate of drug-likeness (QED) is 0.856. The molecule has 1 aromatic carbocycles. The molecule has 0 aliphatic carbocycles. The van der Waals surface area contributed by atoms with Crippen molar-refractivity contribution in [2.24, 2.45) is 0 Å². The Morgan fingerprint density at radius 2 is 1.83 bits per heavy atom. The summed E-state index contributed by atoms with van der Waals surface area (Å²) < 4.78 is 0. The fraction of sp³-hybridized carbons (Fsp3) is 0.421. The number of thiophene rings is 1. The summed E-state index contributed by atoms with van der Waals surface area (Å²) in [5, 5.41) is 2.03. The summed E-state index contributed by atoms with van der Waals surface area (Å²) in [6.45, 7) is 8.76. The molecule has 23 heavy (non-hydrogen) atoms. The van der Waals surface area contributed by atoms with Gasteiger partial charge in [0.25, 0.3) is 5.91 Å². The molecule has 3 nitrogen and oxygen atoms in total. The van der Waals surface area contributed by atoms with Gasteiger partial charge < -0.3 is 4.90 Å². The van der Waals surface area contributed by atoms with Crippen molar-refractivity contribution < 1.29 is 4.79 Å². The molecule has 1 aliphatic heterocycles. The highest BCUT2D eigenvalue weighted by atomic mass is 32.1. The Hall–Kier alpha value is -1.65. The normalized spacial score (nSPS) is 15.8. The first-order valence-corrected chi connectivity index (χ1v) is 9.19. The lowest BCUT2D eigenvalue weighted by atomic mass is 10.1. The average Bonchev–Trinajstić information content (AvgIpc) is 2.96. The van der Waals surface area contributed by atoms with Crippen LogP contribution >= 0.6 is 11.3 Å². The topological polar surface area (TPSA) is 23.6 Å². The van der Waals surface area contributed by atoms with Crippen molar-refractivity contribution in [1.29, 1.82) is 0 Å². The second-order valence-corrected chi connectivity index (χ2v) is 7.18. The van der Waals surface area contributed by atoms with Gasteiger partial charge in [-0.2, -0.15) is 0 Å². The summed E-state index contributed by atoms with van der Waals surface area (Å²) in [5.74, 6) is 0.213. The Morgan fingerprint density at radius 3 is 2.48 bits per heavy atom. The summed E-state index contributed by atoms with van der Waals surface area (Å²) in [7, 11) is 0. The second kappa shape index (κ2) is 7.28. The highest BCUT2D eigenvalue weighted by Gasteiger charge is 2.24. The standard InChI is InChI=1S/C19H24N2OS/c1-3-17-15(2)23-14-18(17)19(22)21-11-9-20(10-12-21)13-16-7-5-4-6-8-16/h4-8,14H,3,9-13H2,1-2H3. The fourth-order valence-electron chi connectivity index (χ4n) is 3.22. The van der Waals surface area contributed by atoms with Crippen LogP contribution in [0.2, 0.25) is 0 Å². The Morgan fingerprint density at radius 1 is 1.13 bits per heavy atom. The molecule has 2 heterocycles. The van der Waals surface area contributed by atoms with Crippen LogP contribution in [0.1, 0.15) is 33.3 Å². The second-order valence-electron chi connectivity index (χ2n) is 6.09. The Labute approximate surface area is 142 Å². The SMILES string of the molecule is CCc1c(C(=O)N2CCN(Cc3ccccc3)CC2)csc1C. The number of rotatable bonds is 4. The van der Waals surface area contributed by atoms with Crippen molar-refractivity contribution in [2.45, 2.75) is 26.8 Å². The summed E-state index contributed by atoms with van der Waals surface area (Å²) in [6.07, 6.45) is 0.935. The molecular weight excluding hydrogens is 304 g/mol. The predicted octanol–water partition coefficient (Wildman–Crippen LogP) is 3.58. The van der Waals surface area contributed by atoms with Crippen molar-refractivity contribution in [3.8, 4) is 0 Å². The fourth-order valence-corrected chi connectivity index (χ4v) is 4.15. The molecule has 1 aromatic heterocycles. The highest BCUT2D eigenvalue weighted by Crippen LogP contribution is 2.24. The summed E-state index contributed by atoms with van der Waals surface area (Å²) in [5.41, 5.74) is 3.49. The van der Waals surface area contributed by atoms with Gasteiger partial charge in [-0.25, -0.2) is 0 Å². The van der Waals surface area contributed by atoms with Crippen LogP contribution in [0.3, 0.4) is 0 Å². The van der Waals surface area contributed by atoms with Gasteiger partial charge in [0.2, 0.25) is 0 Å². The first kappa shape index (κ1) is 16.2. The molecule has 1 amide bonds. The van der Waals surface area contributed by atoms with Gasteiger partial charge in [0.05, 0.1) is 5.56 Å². The van der Waals surface area contributed by atoms with Crippen LogP contribution in [0.25, 0.3) is 0 Å². The molecule has 0 atom stereocenters. The lowest BCUT2D eigenvalue weighted by molar-refractivity contribution is 0.0628. The van der Waals surface area contributed by atoms with E-state index >= 15 is 0 Å². The minimum atomic E-state index is 0.213. The van der Waals surface area contributed by atoms with E-state index in [0.29, 0.717) is 0 Å². The molecule has 0 saturated carbocycles. The Balaban J connectivity index is 1.59. The zero-order valence-electron chi connectivity index (χ0n) is 13.9. The van der Waals surface area contributed by atoms with E-state index in [2.05, 4.69) is 43.0 Å². The molecule has 4 heteroatoms. The monoisotopic (exact) mass is 328 g/mol. The molecule has 1 aliphatic rings. The summed E-state index contributed by atoms with van der Waals surface area (Å²) in [6, 6.07) is 10.5. The Kier molecular flexibility index (Phi) is 5.13. The third-order valence-electron chi connectivity index (χ3n) is 4.60. The number of benzene rings is 1. The van der Waals surface area contributed by atoms with Gasteiger partial charge in [-0.15, -0.1) is 11.3 Å². The van der Waals surface area contributed by atoms with E-state index in [9.17, 15) is 4.79 Å². The zero-order valence-corrected chi connectivity index (χ0v) is 14.7. The highest BCUT2D eigenvalue weighted by molar-refractivity contribution is 7.10. The van der Waals surface area contributed by atoms with E-state index in [4.69, 9.17) is 0 Å². The molecule has 122 valence electrons. The number of amides is 1. The van der Waals surface area contributed by atoms with E-state index < -0.39 is 0 Å². The van der Waals surface area contributed by atoms with Crippen LogP contribution in [0.15, 0.2) is 35.7 Å². The molecule has 0 radical (unpaired) electrons. The van der Waals surface area contributed by atoms with Crippen molar-refractivity contribution >= 4 is 17.2 Å². The van der Waals surface area contributed by atoms with Crippen LogP contribution in [-0.2, 0) is 13.0 Å². The van der Waals surface area contributed by atoms with Crippen LogP contribution < -0.4 is 0 Å². The molecular formula is C19H24N2OS. The van der Waals surface area contributed by atoms with E-state index in [-0.39, 0.29) is 5.91 Å². The van der Waals surface area contributed by atoms with E-state index in [0.717, 1.165) is 44.7 Å². The zero-order chi connectivity index (χ0) is 16.2. The van der Waals surface area contributed by atoms with Crippen molar-refractivity contribution in [2.75, 3.05) is 26.2 Å². The number of carbonyl (C=O) groups excluding carboxylic acids is 1. The summed E-state index contributed by atoms with van der Waals surface area (Å²) in [4.78, 5) is 18.5. The minimum Gasteiger partial charge on any atom is -0.336 e. The number of piperazine rings is 1. The van der Waals surface area contributed by atoms with Gasteiger partial charge in [-0.3, -0.25) is 9.69 Å². The van der Waals surface area contributed by atoms with E-state index in [1.54, 1.807) is 11.3 Å². The maximum atomic E-state index is 12.8. The largest absolute Gasteiger partial charge is 0.336 e. The molecule has 0 unspecified atom stereocenters. The molecule has 1 fully saturated rings. The maximum absolute atomic E-state index is 12.8. The number of hydrogen-bond acceptors (Lipinski definition) is 3. The Bertz CT molecular complexity index is 657. The van der Waals surface area contributed by atoms with Crippen LogP contribution in [0.5, 0.6) is 0 Å². The number of nitrogens with zero attached hydrogens (tertiary/aromatic N) is 2. The minimum absolute atomic E-state index is 0.213. The number of carbonyl (C=O) groups is 1. The van der Waals surface area contributed by atoms with Crippen LogP contribution in [-0.4, -0.2) is 41.9 Å². The van der Waals surface area contributed by atoms with Crippen molar-refractivity contribution in [1.82, 2.24) is 9.80 Å². The lowest BCUT2D eigenvalue weighted by Gasteiger charge is -2.34. The summed E-state index contributed by atoms with van der Waals surface area (Å²) >= 11 is 1.69. The van der Waals surface area contributed by atoms with Crippen LogP contribution in [0, 0.1) is 6.92 Å². The van der Waals surface area contributed by atoms with Gasteiger partial charge >= 0.3 is 0 Å². The first-order valence-electron chi connectivity index (χ1n) is 8.31. The third-order valence-corrected chi connectivity index (χ3v) is 5.55. The maximum Gasteiger partial charge on any atom is 0.255 e. The molecule has 1 saturated heterocycles. The van der Waals surface area contributed by atoms with Gasteiger partial charge in [0, 0.05) is 43.0 Å². The number of aryl methyl sites for hydroxylation is 1. The van der Waals surface area contributed by atoms with Gasteiger partial charge in [-0.05, 0) is 24.5 Å². The molecule has 3 rings (SSSR count).